The molecule has 0 saturated heterocycles. The first kappa shape index (κ1) is 17.7. The third-order valence-corrected chi connectivity index (χ3v) is 5.56. The summed E-state index contributed by atoms with van der Waals surface area (Å²) >= 11 is 0. The summed E-state index contributed by atoms with van der Waals surface area (Å²) < 4.78 is 62.4. The maximum atomic E-state index is 13.9. The van der Waals surface area contributed by atoms with Gasteiger partial charge in [-0.2, -0.15) is 0 Å². The number of hydrogen-bond acceptors (Lipinski definition) is 2. The molecule has 0 unspecified atom stereocenters. The summed E-state index contributed by atoms with van der Waals surface area (Å²) in [6, 6.07) is 10.4. The van der Waals surface area contributed by atoms with Gasteiger partial charge in [0.2, 0.25) is 0 Å². The third kappa shape index (κ3) is 3.63. The Hall–Kier alpha value is -2.08. The van der Waals surface area contributed by atoms with Crippen LogP contribution in [0.25, 0.3) is 11.1 Å². The van der Waals surface area contributed by atoms with Gasteiger partial charge in [-0.05, 0) is 65.8 Å². The molecular formula is C19H17F3O2S. The van der Waals surface area contributed by atoms with Crippen molar-refractivity contribution < 1.29 is 21.6 Å². The summed E-state index contributed by atoms with van der Waals surface area (Å²) in [4.78, 5) is 0.240. The van der Waals surface area contributed by atoms with E-state index >= 15 is 0 Å². The molecule has 0 aromatic heterocycles. The Morgan fingerprint density at radius 2 is 1.48 bits per heavy atom. The van der Waals surface area contributed by atoms with Crippen molar-refractivity contribution in [3.8, 4) is 0 Å². The molecule has 132 valence electrons. The van der Waals surface area contributed by atoms with Crippen molar-refractivity contribution in [3.05, 3.63) is 65.0 Å². The number of hydrogen-bond donors (Lipinski definition) is 0. The lowest BCUT2D eigenvalue weighted by Gasteiger charge is -2.11. The average Bonchev–Trinajstić information content (AvgIpc) is 3.03. The highest BCUT2D eigenvalue weighted by Gasteiger charge is 2.20. The fourth-order valence-electron chi connectivity index (χ4n) is 3.18. The standard InChI is InChI=1S/C19H17F3O2S/c1-25(23,24)14-8-5-12(6-9-14)15-3-2-4-16(15)13-7-10-17(19(21)22)18(20)11-13/h5-11,19H,2-4H2,1H3. The van der Waals surface area contributed by atoms with E-state index in [2.05, 4.69) is 0 Å². The van der Waals surface area contributed by atoms with Gasteiger partial charge in [-0.15, -0.1) is 0 Å². The number of allylic oxidation sites excluding steroid dienone is 2. The van der Waals surface area contributed by atoms with Crippen molar-refractivity contribution in [1.82, 2.24) is 0 Å². The minimum Gasteiger partial charge on any atom is -0.224 e. The number of halogens is 3. The van der Waals surface area contributed by atoms with Gasteiger partial charge in [0.25, 0.3) is 6.43 Å². The maximum absolute atomic E-state index is 13.9. The molecular weight excluding hydrogens is 349 g/mol. The molecule has 6 heteroatoms. The van der Waals surface area contributed by atoms with Crippen LogP contribution in [0.1, 0.15) is 42.4 Å². The Labute approximate surface area is 144 Å². The molecule has 0 N–H and O–H groups in total. The molecule has 2 aromatic carbocycles. The van der Waals surface area contributed by atoms with Crippen LogP contribution in [0.4, 0.5) is 13.2 Å². The first-order chi connectivity index (χ1) is 11.8. The molecule has 0 bridgehead atoms. The van der Waals surface area contributed by atoms with Gasteiger partial charge in [-0.3, -0.25) is 0 Å². The highest BCUT2D eigenvalue weighted by molar-refractivity contribution is 7.90. The third-order valence-electron chi connectivity index (χ3n) is 4.43. The normalized spacial score (nSPS) is 15.2. The van der Waals surface area contributed by atoms with E-state index in [9.17, 15) is 21.6 Å². The summed E-state index contributed by atoms with van der Waals surface area (Å²) in [6.07, 6.45) is 0.712. The molecule has 2 nitrogen and oxygen atoms in total. The highest BCUT2D eigenvalue weighted by atomic mass is 32.2. The van der Waals surface area contributed by atoms with Crippen molar-refractivity contribution in [3.63, 3.8) is 0 Å². The monoisotopic (exact) mass is 366 g/mol. The molecule has 0 fully saturated rings. The predicted molar refractivity (Wildman–Crippen MR) is 91.6 cm³/mol. The van der Waals surface area contributed by atoms with Gasteiger partial charge in [0.1, 0.15) is 5.82 Å². The van der Waals surface area contributed by atoms with Gasteiger partial charge in [0, 0.05) is 6.26 Å². The van der Waals surface area contributed by atoms with Crippen molar-refractivity contribution in [2.24, 2.45) is 0 Å². The van der Waals surface area contributed by atoms with E-state index in [4.69, 9.17) is 0 Å². The number of rotatable bonds is 4. The molecule has 0 radical (unpaired) electrons. The zero-order valence-electron chi connectivity index (χ0n) is 13.6. The molecule has 2 aromatic rings. The number of alkyl halides is 2. The minimum atomic E-state index is -3.26. The first-order valence-corrected chi connectivity index (χ1v) is 9.77. The Balaban J connectivity index is 2.02. The lowest BCUT2D eigenvalue weighted by molar-refractivity contribution is 0.146. The quantitative estimate of drug-likeness (QED) is 0.739. The Morgan fingerprint density at radius 3 is 2.00 bits per heavy atom. The molecule has 0 aliphatic heterocycles. The molecule has 0 heterocycles. The van der Waals surface area contributed by atoms with Crippen LogP contribution in [0.15, 0.2) is 47.4 Å². The fraction of sp³-hybridized carbons (Fsp3) is 0.263. The SMILES string of the molecule is CS(=O)(=O)c1ccc(C2=C(c3ccc(C(F)F)c(F)c3)CCC2)cc1. The lowest BCUT2D eigenvalue weighted by atomic mass is 9.96. The van der Waals surface area contributed by atoms with Crippen LogP contribution in [0.3, 0.4) is 0 Å². The van der Waals surface area contributed by atoms with Crippen molar-refractivity contribution in [2.75, 3.05) is 6.26 Å². The highest BCUT2D eigenvalue weighted by Crippen LogP contribution is 2.40. The zero-order valence-corrected chi connectivity index (χ0v) is 14.4. The van der Waals surface area contributed by atoms with Crippen LogP contribution in [-0.2, 0) is 9.84 Å². The largest absolute Gasteiger partial charge is 0.266 e. The second kappa shape index (κ2) is 6.67. The number of sulfone groups is 1. The summed E-state index contributed by atoms with van der Waals surface area (Å²) in [5, 5.41) is 0. The van der Waals surface area contributed by atoms with Crippen LogP contribution >= 0.6 is 0 Å². The van der Waals surface area contributed by atoms with Crippen LogP contribution in [0.5, 0.6) is 0 Å². The Morgan fingerprint density at radius 1 is 0.920 bits per heavy atom. The molecule has 0 atom stereocenters. The van der Waals surface area contributed by atoms with E-state index in [0.29, 0.717) is 5.56 Å². The Kier molecular flexibility index (Phi) is 4.73. The van der Waals surface area contributed by atoms with Gasteiger partial charge in [0.15, 0.2) is 9.84 Å². The maximum Gasteiger partial charge on any atom is 0.266 e. The van der Waals surface area contributed by atoms with Gasteiger partial charge in [0.05, 0.1) is 10.5 Å². The minimum absolute atomic E-state index is 0.240. The van der Waals surface area contributed by atoms with E-state index in [-0.39, 0.29) is 4.90 Å². The smallest absolute Gasteiger partial charge is 0.224 e. The zero-order chi connectivity index (χ0) is 18.2. The molecule has 3 rings (SSSR count). The predicted octanol–water partition coefficient (Wildman–Crippen LogP) is 5.26. The van der Waals surface area contributed by atoms with Crippen LogP contribution in [0.2, 0.25) is 0 Å². The van der Waals surface area contributed by atoms with Crippen LogP contribution < -0.4 is 0 Å². The average molecular weight is 366 g/mol. The van der Waals surface area contributed by atoms with Crippen LogP contribution in [0, 0.1) is 5.82 Å². The molecule has 1 aliphatic rings. The van der Waals surface area contributed by atoms with Crippen molar-refractivity contribution in [1.29, 1.82) is 0 Å². The molecule has 0 amide bonds. The topological polar surface area (TPSA) is 34.1 Å². The van der Waals surface area contributed by atoms with E-state index in [1.54, 1.807) is 24.3 Å². The molecule has 25 heavy (non-hydrogen) atoms. The van der Waals surface area contributed by atoms with Crippen LogP contribution in [-0.4, -0.2) is 14.7 Å². The number of benzene rings is 2. The first-order valence-electron chi connectivity index (χ1n) is 7.88. The van der Waals surface area contributed by atoms with E-state index in [1.807, 2.05) is 0 Å². The summed E-state index contributed by atoms with van der Waals surface area (Å²) in [5.74, 6) is -0.904. The van der Waals surface area contributed by atoms with Gasteiger partial charge >= 0.3 is 0 Å². The summed E-state index contributed by atoms with van der Waals surface area (Å²) in [7, 11) is -3.26. The van der Waals surface area contributed by atoms with E-state index < -0.39 is 27.6 Å². The van der Waals surface area contributed by atoms with Gasteiger partial charge < -0.3 is 0 Å². The molecule has 1 aliphatic carbocycles. The molecule has 0 spiro atoms. The summed E-state index contributed by atoms with van der Waals surface area (Å²) in [5.41, 5.74) is 2.80. The van der Waals surface area contributed by atoms with Gasteiger partial charge in [-0.1, -0.05) is 18.2 Å². The fourth-order valence-corrected chi connectivity index (χ4v) is 3.81. The molecule has 0 saturated carbocycles. The second-order valence-electron chi connectivity index (χ2n) is 6.14. The van der Waals surface area contributed by atoms with E-state index in [0.717, 1.165) is 54.4 Å². The lowest BCUT2D eigenvalue weighted by Crippen LogP contribution is -1.97. The van der Waals surface area contributed by atoms with E-state index in [1.165, 1.54) is 6.07 Å². The second-order valence-corrected chi connectivity index (χ2v) is 8.16. The van der Waals surface area contributed by atoms with Gasteiger partial charge in [-0.25, -0.2) is 21.6 Å². The summed E-state index contributed by atoms with van der Waals surface area (Å²) in [6.45, 7) is 0. The van der Waals surface area contributed by atoms with Crippen molar-refractivity contribution in [2.45, 2.75) is 30.6 Å². The Bertz CT molecular complexity index is 930. The van der Waals surface area contributed by atoms with Crippen molar-refractivity contribution >= 4 is 21.0 Å².